The maximum atomic E-state index is 12.7. The fourth-order valence-electron chi connectivity index (χ4n) is 3.25. The van der Waals surface area contributed by atoms with E-state index in [1.165, 1.54) is 12.5 Å². The largest absolute Gasteiger partial charge is 0.472 e. The molecule has 1 aromatic carbocycles. The van der Waals surface area contributed by atoms with Crippen molar-refractivity contribution in [3.63, 3.8) is 0 Å². The summed E-state index contributed by atoms with van der Waals surface area (Å²) in [6.07, 6.45) is 2.77. The number of anilines is 1. The number of tetrazole rings is 1. The van der Waals surface area contributed by atoms with E-state index in [1.54, 1.807) is 22.6 Å². The SMILES string of the molecule is C[C@@H](NC(=O)c1ccoc1)C(=O)N1CCN(c2nnnn2-c2ccccc2)CC1. The van der Waals surface area contributed by atoms with E-state index in [1.807, 2.05) is 35.2 Å². The van der Waals surface area contributed by atoms with Crippen LogP contribution in [0.3, 0.4) is 0 Å². The van der Waals surface area contributed by atoms with E-state index in [0.29, 0.717) is 37.7 Å². The van der Waals surface area contributed by atoms with Gasteiger partial charge in [0.2, 0.25) is 11.9 Å². The van der Waals surface area contributed by atoms with E-state index in [2.05, 4.69) is 20.8 Å². The van der Waals surface area contributed by atoms with Crippen molar-refractivity contribution in [2.75, 3.05) is 31.1 Å². The van der Waals surface area contributed by atoms with Crippen LogP contribution in [0, 0.1) is 0 Å². The number of benzene rings is 1. The Morgan fingerprint density at radius 1 is 1.10 bits per heavy atom. The fourth-order valence-corrected chi connectivity index (χ4v) is 3.25. The van der Waals surface area contributed by atoms with Crippen LogP contribution in [0.1, 0.15) is 17.3 Å². The molecule has 0 bridgehead atoms. The molecule has 2 amide bonds. The molecule has 3 heterocycles. The number of hydrogen-bond donors (Lipinski definition) is 1. The third-order valence-corrected chi connectivity index (χ3v) is 4.83. The first-order valence-electron chi connectivity index (χ1n) is 9.34. The minimum atomic E-state index is -0.626. The Hall–Kier alpha value is -3.69. The van der Waals surface area contributed by atoms with Crippen LogP contribution in [0.5, 0.6) is 0 Å². The molecule has 1 aliphatic rings. The number of carbonyl (C=O) groups excluding carboxylic acids is 2. The molecule has 0 unspecified atom stereocenters. The lowest BCUT2D eigenvalue weighted by Gasteiger charge is -2.36. The molecule has 2 aromatic heterocycles. The highest BCUT2D eigenvalue weighted by molar-refractivity contribution is 5.97. The third kappa shape index (κ3) is 3.96. The Labute approximate surface area is 167 Å². The van der Waals surface area contributed by atoms with Crippen molar-refractivity contribution < 1.29 is 14.0 Å². The average Bonchev–Trinajstić information content (AvgIpc) is 3.46. The van der Waals surface area contributed by atoms with E-state index < -0.39 is 6.04 Å². The number of furan rings is 1. The van der Waals surface area contributed by atoms with Crippen molar-refractivity contribution in [3.8, 4) is 5.69 Å². The Bertz CT molecular complexity index is 963. The molecule has 150 valence electrons. The highest BCUT2D eigenvalue weighted by Gasteiger charge is 2.28. The number of piperazine rings is 1. The monoisotopic (exact) mass is 395 g/mol. The molecule has 0 radical (unpaired) electrons. The summed E-state index contributed by atoms with van der Waals surface area (Å²) in [6, 6.07) is 10.6. The van der Waals surface area contributed by atoms with Crippen LogP contribution in [0.4, 0.5) is 5.95 Å². The summed E-state index contributed by atoms with van der Waals surface area (Å²) < 4.78 is 6.59. The van der Waals surface area contributed by atoms with Crippen LogP contribution >= 0.6 is 0 Å². The summed E-state index contributed by atoms with van der Waals surface area (Å²) >= 11 is 0. The number of para-hydroxylation sites is 1. The standard InChI is InChI=1S/C19H21N7O3/c1-14(20-17(27)15-7-12-29-13-15)18(28)24-8-10-25(11-9-24)19-21-22-23-26(19)16-5-3-2-4-6-16/h2-7,12-14H,8-11H2,1H3,(H,20,27)/t14-/m1/s1. The zero-order valence-electron chi connectivity index (χ0n) is 15.9. The molecule has 1 saturated heterocycles. The molecule has 10 nitrogen and oxygen atoms in total. The molecule has 1 fully saturated rings. The van der Waals surface area contributed by atoms with Crippen molar-refractivity contribution in [2.45, 2.75) is 13.0 Å². The van der Waals surface area contributed by atoms with Crippen LogP contribution in [0.2, 0.25) is 0 Å². The molecule has 3 aromatic rings. The summed E-state index contributed by atoms with van der Waals surface area (Å²) in [5, 5.41) is 14.7. The summed E-state index contributed by atoms with van der Waals surface area (Å²) in [5.74, 6) is 0.189. The molecule has 10 heteroatoms. The van der Waals surface area contributed by atoms with Crippen molar-refractivity contribution >= 4 is 17.8 Å². The van der Waals surface area contributed by atoms with Crippen LogP contribution < -0.4 is 10.2 Å². The number of carbonyl (C=O) groups is 2. The molecular weight excluding hydrogens is 374 g/mol. The number of nitrogens with zero attached hydrogens (tertiary/aromatic N) is 6. The molecule has 0 aliphatic carbocycles. The summed E-state index contributed by atoms with van der Waals surface area (Å²) in [6.45, 7) is 3.92. The lowest BCUT2D eigenvalue weighted by Crippen LogP contribution is -2.54. The minimum Gasteiger partial charge on any atom is -0.472 e. The van der Waals surface area contributed by atoms with Gasteiger partial charge in [0.1, 0.15) is 12.3 Å². The number of amides is 2. The van der Waals surface area contributed by atoms with Gasteiger partial charge in [0.05, 0.1) is 17.5 Å². The molecule has 1 atom stereocenters. The van der Waals surface area contributed by atoms with Crippen LogP contribution in [0.25, 0.3) is 5.69 Å². The fraction of sp³-hybridized carbons (Fsp3) is 0.316. The van der Waals surface area contributed by atoms with Gasteiger partial charge in [0.25, 0.3) is 5.91 Å². The van der Waals surface area contributed by atoms with Crippen LogP contribution in [0.15, 0.2) is 53.3 Å². The van der Waals surface area contributed by atoms with Gasteiger partial charge in [-0.1, -0.05) is 23.3 Å². The van der Waals surface area contributed by atoms with Gasteiger partial charge in [-0.2, -0.15) is 4.68 Å². The first kappa shape index (κ1) is 18.7. The van der Waals surface area contributed by atoms with Gasteiger partial charge in [-0.25, -0.2) is 0 Å². The molecule has 0 saturated carbocycles. The summed E-state index contributed by atoms with van der Waals surface area (Å²) in [5.41, 5.74) is 1.27. The quantitative estimate of drug-likeness (QED) is 0.678. The van der Waals surface area contributed by atoms with Crippen molar-refractivity contribution in [1.29, 1.82) is 0 Å². The third-order valence-electron chi connectivity index (χ3n) is 4.83. The van der Waals surface area contributed by atoms with E-state index in [0.717, 1.165) is 5.69 Å². The summed E-state index contributed by atoms with van der Waals surface area (Å²) in [4.78, 5) is 28.6. The molecule has 1 aliphatic heterocycles. The highest BCUT2D eigenvalue weighted by atomic mass is 16.3. The van der Waals surface area contributed by atoms with Gasteiger partial charge in [0, 0.05) is 26.2 Å². The Kier molecular flexibility index (Phi) is 5.23. The molecule has 0 spiro atoms. The smallest absolute Gasteiger partial charge is 0.255 e. The zero-order valence-corrected chi connectivity index (χ0v) is 15.9. The topological polar surface area (TPSA) is 109 Å². The molecule has 4 rings (SSSR count). The Morgan fingerprint density at radius 2 is 1.86 bits per heavy atom. The van der Waals surface area contributed by atoms with Gasteiger partial charge >= 0.3 is 0 Å². The molecular formula is C19H21N7O3. The predicted octanol–water partition coefficient (Wildman–Crippen LogP) is 0.722. The van der Waals surface area contributed by atoms with Crippen molar-refractivity contribution in [3.05, 3.63) is 54.5 Å². The van der Waals surface area contributed by atoms with Gasteiger partial charge in [-0.3, -0.25) is 9.59 Å². The van der Waals surface area contributed by atoms with E-state index in [9.17, 15) is 9.59 Å². The van der Waals surface area contributed by atoms with Gasteiger partial charge < -0.3 is 19.5 Å². The van der Waals surface area contributed by atoms with E-state index in [-0.39, 0.29) is 11.8 Å². The predicted molar refractivity (Wildman–Crippen MR) is 104 cm³/mol. The maximum Gasteiger partial charge on any atom is 0.255 e. The second kappa shape index (κ2) is 8.13. The lowest BCUT2D eigenvalue weighted by atomic mass is 10.2. The van der Waals surface area contributed by atoms with E-state index >= 15 is 0 Å². The summed E-state index contributed by atoms with van der Waals surface area (Å²) in [7, 11) is 0. The lowest BCUT2D eigenvalue weighted by molar-refractivity contribution is -0.133. The normalized spacial score (nSPS) is 15.2. The van der Waals surface area contributed by atoms with Crippen molar-refractivity contribution in [2.24, 2.45) is 0 Å². The first-order chi connectivity index (χ1) is 14.1. The van der Waals surface area contributed by atoms with Crippen LogP contribution in [-0.4, -0.2) is 69.1 Å². The average molecular weight is 395 g/mol. The van der Waals surface area contributed by atoms with E-state index in [4.69, 9.17) is 4.42 Å². The zero-order chi connectivity index (χ0) is 20.2. The number of hydrogen-bond acceptors (Lipinski definition) is 7. The second-order valence-electron chi connectivity index (χ2n) is 6.75. The highest BCUT2D eigenvalue weighted by Crippen LogP contribution is 2.17. The van der Waals surface area contributed by atoms with Crippen molar-refractivity contribution in [1.82, 2.24) is 30.4 Å². The second-order valence-corrected chi connectivity index (χ2v) is 6.75. The number of nitrogens with one attached hydrogen (secondary N) is 1. The minimum absolute atomic E-state index is 0.121. The Balaban J connectivity index is 1.36. The van der Waals surface area contributed by atoms with Crippen LogP contribution in [-0.2, 0) is 4.79 Å². The molecule has 29 heavy (non-hydrogen) atoms. The Morgan fingerprint density at radius 3 is 2.55 bits per heavy atom. The molecule has 1 N–H and O–H groups in total. The number of aromatic nitrogens is 4. The first-order valence-corrected chi connectivity index (χ1v) is 9.34. The maximum absolute atomic E-state index is 12.7. The number of rotatable bonds is 5. The van der Waals surface area contributed by atoms with Gasteiger partial charge in [-0.15, -0.1) is 0 Å². The van der Waals surface area contributed by atoms with Gasteiger partial charge in [0.15, 0.2) is 0 Å². The van der Waals surface area contributed by atoms with Gasteiger partial charge in [-0.05, 0) is 35.5 Å².